The Bertz CT molecular complexity index is 790. The Hall–Kier alpha value is -1.77. The number of nitrogens with zero attached hydrogens (tertiary/aromatic N) is 3. The van der Waals surface area contributed by atoms with Crippen LogP contribution in [-0.2, 0) is 17.1 Å². The van der Waals surface area contributed by atoms with E-state index in [1.807, 2.05) is 6.07 Å². The van der Waals surface area contributed by atoms with E-state index >= 15 is 0 Å². The van der Waals surface area contributed by atoms with E-state index in [9.17, 15) is 12.8 Å². The van der Waals surface area contributed by atoms with Crippen molar-refractivity contribution in [3.8, 4) is 0 Å². The van der Waals surface area contributed by atoms with E-state index in [1.54, 1.807) is 19.2 Å². The summed E-state index contributed by atoms with van der Waals surface area (Å²) < 4.78 is 42.0. The van der Waals surface area contributed by atoms with Crippen LogP contribution in [0, 0.1) is 5.82 Å². The summed E-state index contributed by atoms with van der Waals surface area (Å²) >= 11 is 0. The molecule has 0 radical (unpaired) electrons. The van der Waals surface area contributed by atoms with Gasteiger partial charge in [0.15, 0.2) is 0 Å². The lowest BCUT2D eigenvalue weighted by molar-refractivity contribution is 0.0909. The largest absolute Gasteiger partial charge is 0.295 e. The van der Waals surface area contributed by atoms with Gasteiger partial charge in [0.1, 0.15) is 10.7 Å². The quantitative estimate of drug-likeness (QED) is 0.862. The minimum absolute atomic E-state index is 0.0269. The number of hydrogen-bond acceptors (Lipinski definition) is 4. The van der Waals surface area contributed by atoms with E-state index in [-0.39, 0.29) is 23.3 Å². The highest BCUT2D eigenvalue weighted by Gasteiger charge is 2.31. The fourth-order valence-corrected chi connectivity index (χ4v) is 3.75. The SMILES string of the molecule is Cn1cc(S(=O)(=O)NCCN2CCC2c2ccccc2F)cn1. The van der Waals surface area contributed by atoms with Crippen molar-refractivity contribution in [3.63, 3.8) is 0 Å². The molecule has 1 unspecified atom stereocenters. The Morgan fingerprint density at radius 3 is 2.78 bits per heavy atom. The molecule has 1 aromatic heterocycles. The maximum atomic E-state index is 13.8. The maximum absolute atomic E-state index is 13.8. The lowest BCUT2D eigenvalue weighted by Crippen LogP contribution is -2.45. The molecule has 0 spiro atoms. The van der Waals surface area contributed by atoms with Crippen molar-refractivity contribution >= 4 is 10.0 Å². The maximum Gasteiger partial charge on any atom is 0.243 e. The first-order chi connectivity index (χ1) is 11.0. The highest BCUT2D eigenvalue weighted by Crippen LogP contribution is 2.33. The number of sulfonamides is 1. The Labute approximate surface area is 135 Å². The number of aryl methyl sites for hydroxylation is 1. The summed E-state index contributed by atoms with van der Waals surface area (Å²) in [6.07, 6.45) is 3.65. The van der Waals surface area contributed by atoms with Crippen LogP contribution in [0.5, 0.6) is 0 Å². The van der Waals surface area contributed by atoms with Gasteiger partial charge in [-0.15, -0.1) is 0 Å². The second-order valence-electron chi connectivity index (χ2n) is 5.61. The summed E-state index contributed by atoms with van der Waals surface area (Å²) in [5.41, 5.74) is 0.675. The molecule has 124 valence electrons. The third-order valence-electron chi connectivity index (χ3n) is 4.08. The lowest BCUT2D eigenvalue weighted by Gasteiger charge is -2.41. The highest BCUT2D eigenvalue weighted by molar-refractivity contribution is 7.89. The zero-order valence-electron chi connectivity index (χ0n) is 12.8. The van der Waals surface area contributed by atoms with Crippen LogP contribution in [0.2, 0.25) is 0 Å². The van der Waals surface area contributed by atoms with Crippen LogP contribution >= 0.6 is 0 Å². The predicted molar refractivity (Wildman–Crippen MR) is 83.7 cm³/mol. The first-order valence-corrected chi connectivity index (χ1v) is 8.92. The first kappa shape index (κ1) is 16.1. The van der Waals surface area contributed by atoms with Gasteiger partial charge in [-0.25, -0.2) is 17.5 Å². The Morgan fingerprint density at radius 1 is 1.39 bits per heavy atom. The molecule has 2 heterocycles. The second-order valence-corrected chi connectivity index (χ2v) is 7.38. The smallest absolute Gasteiger partial charge is 0.243 e. The molecule has 0 bridgehead atoms. The number of likely N-dealkylation sites (tertiary alicyclic amines) is 1. The van der Waals surface area contributed by atoms with Crippen LogP contribution in [-0.4, -0.2) is 42.7 Å². The molecule has 1 atom stereocenters. The molecule has 1 aliphatic heterocycles. The van der Waals surface area contributed by atoms with E-state index in [0.29, 0.717) is 12.1 Å². The second kappa shape index (κ2) is 6.38. The van der Waals surface area contributed by atoms with Gasteiger partial charge >= 0.3 is 0 Å². The van der Waals surface area contributed by atoms with Crippen LogP contribution in [0.15, 0.2) is 41.6 Å². The van der Waals surface area contributed by atoms with Crippen molar-refractivity contribution in [1.29, 1.82) is 0 Å². The summed E-state index contributed by atoms with van der Waals surface area (Å²) in [4.78, 5) is 2.22. The lowest BCUT2D eigenvalue weighted by atomic mass is 9.94. The zero-order chi connectivity index (χ0) is 16.4. The molecule has 2 aromatic rings. The molecule has 0 saturated carbocycles. The Balaban J connectivity index is 1.56. The molecular formula is C15H19FN4O2S. The summed E-state index contributed by atoms with van der Waals surface area (Å²) in [5.74, 6) is -0.210. The van der Waals surface area contributed by atoms with Crippen molar-refractivity contribution < 1.29 is 12.8 Å². The van der Waals surface area contributed by atoms with E-state index < -0.39 is 10.0 Å². The van der Waals surface area contributed by atoms with Crippen LogP contribution in [0.1, 0.15) is 18.0 Å². The molecule has 6 nitrogen and oxygen atoms in total. The molecule has 0 amide bonds. The van der Waals surface area contributed by atoms with Gasteiger partial charge in [0.05, 0.1) is 6.20 Å². The molecular weight excluding hydrogens is 319 g/mol. The van der Waals surface area contributed by atoms with E-state index in [4.69, 9.17) is 0 Å². The summed E-state index contributed by atoms with van der Waals surface area (Å²) in [7, 11) is -1.88. The molecule has 3 rings (SSSR count). The van der Waals surface area contributed by atoms with Gasteiger partial charge in [0.25, 0.3) is 0 Å². The molecule has 1 fully saturated rings. The molecule has 1 aromatic carbocycles. The van der Waals surface area contributed by atoms with Crippen LogP contribution < -0.4 is 4.72 Å². The third-order valence-corrected chi connectivity index (χ3v) is 5.49. The Morgan fingerprint density at radius 2 is 2.17 bits per heavy atom. The van der Waals surface area contributed by atoms with E-state index in [1.165, 1.54) is 23.1 Å². The standard InChI is InChI=1S/C15H19FN4O2S/c1-19-11-12(10-17-19)23(21,22)18-7-9-20-8-6-15(20)13-4-2-3-5-14(13)16/h2-5,10-11,15,18H,6-9H2,1H3. The Kier molecular flexibility index (Phi) is 4.47. The van der Waals surface area contributed by atoms with Crippen molar-refractivity contribution in [2.24, 2.45) is 7.05 Å². The first-order valence-electron chi connectivity index (χ1n) is 7.44. The van der Waals surface area contributed by atoms with Crippen molar-refractivity contribution in [3.05, 3.63) is 48.0 Å². The van der Waals surface area contributed by atoms with Crippen molar-refractivity contribution in [2.75, 3.05) is 19.6 Å². The molecule has 1 aliphatic rings. The summed E-state index contributed by atoms with van der Waals surface area (Å²) in [6, 6.07) is 6.76. The van der Waals surface area contributed by atoms with Crippen LogP contribution in [0.4, 0.5) is 4.39 Å². The average Bonchev–Trinajstić information content (AvgIpc) is 2.92. The van der Waals surface area contributed by atoms with Gasteiger partial charge in [-0.3, -0.25) is 9.58 Å². The van der Waals surface area contributed by atoms with Gasteiger partial charge < -0.3 is 0 Å². The van der Waals surface area contributed by atoms with Crippen molar-refractivity contribution in [1.82, 2.24) is 19.4 Å². The fourth-order valence-electron chi connectivity index (χ4n) is 2.75. The molecule has 0 aliphatic carbocycles. The number of nitrogens with one attached hydrogen (secondary N) is 1. The van der Waals surface area contributed by atoms with Crippen LogP contribution in [0.25, 0.3) is 0 Å². The number of halogens is 1. The highest BCUT2D eigenvalue weighted by atomic mass is 32.2. The number of rotatable bonds is 6. The molecule has 8 heteroatoms. The van der Waals surface area contributed by atoms with Gasteiger partial charge in [0.2, 0.25) is 10.0 Å². The normalized spacial score (nSPS) is 18.8. The predicted octanol–water partition coefficient (Wildman–Crippen LogP) is 1.28. The van der Waals surface area contributed by atoms with Gasteiger partial charge in [-0.2, -0.15) is 5.10 Å². The minimum Gasteiger partial charge on any atom is -0.295 e. The zero-order valence-corrected chi connectivity index (χ0v) is 13.6. The van der Waals surface area contributed by atoms with Crippen LogP contribution in [0.3, 0.4) is 0 Å². The average molecular weight is 338 g/mol. The third kappa shape index (κ3) is 3.44. The van der Waals surface area contributed by atoms with Gasteiger partial charge in [-0.1, -0.05) is 18.2 Å². The number of benzene rings is 1. The summed E-state index contributed by atoms with van der Waals surface area (Å²) in [6.45, 7) is 1.66. The van der Waals surface area contributed by atoms with E-state index in [0.717, 1.165) is 13.0 Å². The monoisotopic (exact) mass is 338 g/mol. The molecule has 23 heavy (non-hydrogen) atoms. The van der Waals surface area contributed by atoms with Gasteiger partial charge in [-0.05, 0) is 12.5 Å². The fraction of sp³-hybridized carbons (Fsp3) is 0.400. The van der Waals surface area contributed by atoms with Crippen molar-refractivity contribution in [2.45, 2.75) is 17.4 Å². The summed E-state index contributed by atoms with van der Waals surface area (Å²) in [5, 5.41) is 3.86. The number of hydrogen-bond donors (Lipinski definition) is 1. The molecule has 1 saturated heterocycles. The molecule has 1 N–H and O–H groups in total. The minimum atomic E-state index is -3.54. The number of aromatic nitrogens is 2. The van der Waals surface area contributed by atoms with E-state index in [2.05, 4.69) is 14.7 Å². The van der Waals surface area contributed by atoms with Gasteiger partial charge in [0, 0.05) is 44.5 Å². The topological polar surface area (TPSA) is 67.2 Å².